The molecule has 0 radical (unpaired) electrons. The molecule has 2 N–H and O–H groups in total. The average Bonchev–Trinajstić information content (AvgIpc) is 2.93. The van der Waals surface area contributed by atoms with Crippen LogP contribution in [0.5, 0.6) is 5.75 Å². The first-order valence-electron chi connectivity index (χ1n) is 8.18. The van der Waals surface area contributed by atoms with Crippen molar-refractivity contribution in [2.75, 3.05) is 38.2 Å². The van der Waals surface area contributed by atoms with Gasteiger partial charge in [0.2, 0.25) is 5.91 Å². The van der Waals surface area contributed by atoms with Crippen molar-refractivity contribution in [1.29, 1.82) is 0 Å². The summed E-state index contributed by atoms with van der Waals surface area (Å²) in [5, 5.41) is 7.11. The van der Waals surface area contributed by atoms with Gasteiger partial charge in [0.05, 0.1) is 12.8 Å². The lowest BCUT2D eigenvalue weighted by atomic mass is 9.88. The summed E-state index contributed by atoms with van der Waals surface area (Å²) >= 11 is 6.11. The molecule has 0 spiro atoms. The van der Waals surface area contributed by atoms with Crippen molar-refractivity contribution in [3.63, 3.8) is 0 Å². The van der Waals surface area contributed by atoms with E-state index in [-0.39, 0.29) is 17.9 Å². The Hall–Kier alpha value is -1.46. The molecule has 1 aromatic rings. The second-order valence-electron chi connectivity index (χ2n) is 6.46. The fraction of sp³-hybridized carbons (Fsp3) is 0.588. The largest absolute Gasteiger partial charge is 0.495 e. The van der Waals surface area contributed by atoms with Crippen molar-refractivity contribution in [3.8, 4) is 5.75 Å². The maximum atomic E-state index is 12.4. The highest BCUT2D eigenvalue weighted by atomic mass is 35.5. The van der Waals surface area contributed by atoms with Crippen LogP contribution in [0.1, 0.15) is 13.3 Å². The number of methoxy groups -OCH3 is 1. The van der Waals surface area contributed by atoms with Gasteiger partial charge in [0.25, 0.3) is 0 Å². The number of benzene rings is 1. The monoisotopic (exact) mass is 337 g/mol. The molecule has 0 aromatic heterocycles. The van der Waals surface area contributed by atoms with E-state index in [9.17, 15) is 4.79 Å². The van der Waals surface area contributed by atoms with Crippen LogP contribution in [0.3, 0.4) is 0 Å². The number of ether oxygens (including phenoxy) is 1. The SMILES string of the molecule is COc1ccc(Cl)cc1N1CCC(NC(=O)C(C)C2CNC2)C1. The summed E-state index contributed by atoms with van der Waals surface area (Å²) in [4.78, 5) is 14.6. The second kappa shape index (κ2) is 6.97. The van der Waals surface area contributed by atoms with Crippen molar-refractivity contribution in [2.24, 2.45) is 11.8 Å². The van der Waals surface area contributed by atoms with E-state index in [0.29, 0.717) is 10.9 Å². The summed E-state index contributed by atoms with van der Waals surface area (Å²) in [6, 6.07) is 5.82. The molecule has 1 amide bonds. The smallest absolute Gasteiger partial charge is 0.223 e. The Morgan fingerprint density at radius 1 is 1.48 bits per heavy atom. The number of carbonyl (C=O) groups excluding carboxylic acids is 1. The standard InChI is InChI=1S/C17H24ClN3O2/c1-11(12-8-19-9-12)17(22)20-14-5-6-21(10-14)15-7-13(18)3-4-16(15)23-2/h3-4,7,11-12,14,19H,5-6,8-10H2,1-2H3,(H,20,22). The molecule has 2 atom stereocenters. The van der Waals surface area contributed by atoms with E-state index >= 15 is 0 Å². The number of halogens is 1. The Morgan fingerprint density at radius 3 is 2.91 bits per heavy atom. The lowest BCUT2D eigenvalue weighted by molar-refractivity contribution is -0.127. The molecule has 126 valence electrons. The lowest BCUT2D eigenvalue weighted by Crippen LogP contribution is -2.51. The molecule has 0 saturated carbocycles. The number of rotatable bonds is 5. The van der Waals surface area contributed by atoms with Crippen molar-refractivity contribution >= 4 is 23.2 Å². The fourth-order valence-electron chi connectivity index (χ4n) is 3.22. The van der Waals surface area contributed by atoms with E-state index in [0.717, 1.165) is 44.0 Å². The number of nitrogens with zero attached hydrogens (tertiary/aromatic N) is 1. The molecule has 3 rings (SSSR count). The Morgan fingerprint density at radius 2 is 2.26 bits per heavy atom. The van der Waals surface area contributed by atoms with E-state index in [2.05, 4.69) is 15.5 Å². The van der Waals surface area contributed by atoms with E-state index in [1.807, 2.05) is 25.1 Å². The number of hydrogen-bond donors (Lipinski definition) is 2. The minimum absolute atomic E-state index is 0.0750. The molecule has 0 bridgehead atoms. The maximum absolute atomic E-state index is 12.4. The predicted octanol–water partition coefficient (Wildman–Crippen LogP) is 1.90. The van der Waals surface area contributed by atoms with E-state index in [4.69, 9.17) is 16.3 Å². The van der Waals surface area contributed by atoms with Crippen LogP contribution in [-0.4, -0.2) is 45.2 Å². The third-order valence-corrected chi connectivity index (χ3v) is 5.19. The van der Waals surface area contributed by atoms with Gasteiger partial charge >= 0.3 is 0 Å². The minimum Gasteiger partial charge on any atom is -0.495 e. The summed E-state index contributed by atoms with van der Waals surface area (Å²) < 4.78 is 5.43. The summed E-state index contributed by atoms with van der Waals surface area (Å²) in [6.07, 6.45) is 0.942. The van der Waals surface area contributed by atoms with Gasteiger partial charge in [0, 0.05) is 30.1 Å². The summed E-state index contributed by atoms with van der Waals surface area (Å²) in [6.45, 7) is 5.60. The molecule has 23 heavy (non-hydrogen) atoms. The van der Waals surface area contributed by atoms with Crippen LogP contribution in [0, 0.1) is 11.8 Å². The van der Waals surface area contributed by atoms with E-state index in [1.54, 1.807) is 7.11 Å². The van der Waals surface area contributed by atoms with Crippen LogP contribution in [0.25, 0.3) is 0 Å². The fourth-order valence-corrected chi connectivity index (χ4v) is 3.38. The Labute approximate surface area is 142 Å². The maximum Gasteiger partial charge on any atom is 0.223 e. The van der Waals surface area contributed by atoms with Crippen molar-refractivity contribution in [3.05, 3.63) is 23.2 Å². The summed E-state index contributed by atoms with van der Waals surface area (Å²) in [7, 11) is 1.66. The Balaban J connectivity index is 1.60. The van der Waals surface area contributed by atoms with Gasteiger partial charge in [-0.15, -0.1) is 0 Å². The van der Waals surface area contributed by atoms with Crippen LogP contribution in [0.2, 0.25) is 5.02 Å². The molecule has 2 heterocycles. The Kier molecular flexibility index (Phi) is 4.97. The molecule has 2 aliphatic rings. The van der Waals surface area contributed by atoms with Gasteiger partial charge in [-0.05, 0) is 43.6 Å². The zero-order chi connectivity index (χ0) is 16.4. The molecule has 0 aliphatic carbocycles. The third-order valence-electron chi connectivity index (χ3n) is 4.95. The molecule has 2 fully saturated rings. The molecule has 2 saturated heterocycles. The highest BCUT2D eigenvalue weighted by Crippen LogP contribution is 2.33. The number of nitrogens with one attached hydrogen (secondary N) is 2. The first-order chi connectivity index (χ1) is 11.1. The Bertz CT molecular complexity index is 577. The van der Waals surface area contributed by atoms with Crippen LogP contribution in [-0.2, 0) is 4.79 Å². The van der Waals surface area contributed by atoms with Gasteiger partial charge in [-0.3, -0.25) is 4.79 Å². The quantitative estimate of drug-likeness (QED) is 0.861. The zero-order valence-electron chi connectivity index (χ0n) is 13.6. The lowest BCUT2D eigenvalue weighted by Gasteiger charge is -2.32. The highest BCUT2D eigenvalue weighted by Gasteiger charge is 2.32. The van der Waals surface area contributed by atoms with Gasteiger partial charge in [0.1, 0.15) is 5.75 Å². The summed E-state index contributed by atoms with van der Waals surface area (Å²) in [5.74, 6) is 1.53. The average molecular weight is 338 g/mol. The van der Waals surface area contributed by atoms with Crippen molar-refractivity contribution in [2.45, 2.75) is 19.4 Å². The molecule has 2 aliphatic heterocycles. The molecular formula is C17H24ClN3O2. The molecule has 6 heteroatoms. The van der Waals surface area contributed by atoms with Crippen LogP contribution < -0.4 is 20.3 Å². The number of carbonyl (C=O) groups is 1. The van der Waals surface area contributed by atoms with Gasteiger partial charge in [0.15, 0.2) is 0 Å². The number of anilines is 1. The van der Waals surface area contributed by atoms with Gasteiger partial charge in [-0.1, -0.05) is 18.5 Å². The molecule has 1 aromatic carbocycles. The van der Waals surface area contributed by atoms with Crippen LogP contribution in [0.4, 0.5) is 5.69 Å². The first-order valence-corrected chi connectivity index (χ1v) is 8.56. The topological polar surface area (TPSA) is 53.6 Å². The molecule has 2 unspecified atom stereocenters. The number of amides is 1. The van der Waals surface area contributed by atoms with Crippen molar-refractivity contribution in [1.82, 2.24) is 10.6 Å². The number of hydrogen-bond acceptors (Lipinski definition) is 4. The second-order valence-corrected chi connectivity index (χ2v) is 6.90. The van der Waals surface area contributed by atoms with Crippen LogP contribution in [0.15, 0.2) is 18.2 Å². The third kappa shape index (κ3) is 3.56. The van der Waals surface area contributed by atoms with E-state index < -0.39 is 0 Å². The normalized spacial score (nSPS) is 22.6. The van der Waals surface area contributed by atoms with Gasteiger partial charge in [-0.25, -0.2) is 0 Å². The van der Waals surface area contributed by atoms with Crippen LogP contribution >= 0.6 is 11.6 Å². The van der Waals surface area contributed by atoms with E-state index in [1.165, 1.54) is 0 Å². The van der Waals surface area contributed by atoms with Crippen molar-refractivity contribution < 1.29 is 9.53 Å². The zero-order valence-corrected chi connectivity index (χ0v) is 14.4. The first kappa shape index (κ1) is 16.4. The highest BCUT2D eigenvalue weighted by molar-refractivity contribution is 6.30. The minimum atomic E-state index is 0.0750. The molecule has 5 nitrogen and oxygen atoms in total. The predicted molar refractivity (Wildman–Crippen MR) is 92.3 cm³/mol. The van der Waals surface area contributed by atoms with Gasteiger partial charge in [-0.2, -0.15) is 0 Å². The summed E-state index contributed by atoms with van der Waals surface area (Å²) in [5.41, 5.74) is 0.994. The van der Waals surface area contributed by atoms with Gasteiger partial charge < -0.3 is 20.3 Å². The molecular weight excluding hydrogens is 314 g/mol.